The van der Waals surface area contributed by atoms with Crippen molar-refractivity contribution in [3.05, 3.63) is 35.9 Å². The van der Waals surface area contributed by atoms with Gasteiger partial charge in [0.25, 0.3) is 0 Å². The van der Waals surface area contributed by atoms with E-state index in [2.05, 4.69) is 11.8 Å². The largest absolute Gasteiger partial charge is 0.393 e. The molecule has 16 heavy (non-hydrogen) atoms. The van der Waals surface area contributed by atoms with Crippen LogP contribution in [0.5, 0.6) is 0 Å². The van der Waals surface area contributed by atoms with Crippen molar-refractivity contribution >= 4 is 5.78 Å². The first kappa shape index (κ1) is 12.5. The van der Waals surface area contributed by atoms with Crippen LogP contribution in [0.1, 0.15) is 36.5 Å². The fourth-order valence-corrected chi connectivity index (χ4v) is 1.24. The summed E-state index contributed by atoms with van der Waals surface area (Å²) in [4.78, 5) is 11.6. The van der Waals surface area contributed by atoms with Crippen LogP contribution in [-0.2, 0) is 0 Å². The highest BCUT2D eigenvalue weighted by Gasteiger charge is 2.01. The zero-order valence-electron chi connectivity index (χ0n) is 9.44. The molecule has 0 heterocycles. The summed E-state index contributed by atoms with van der Waals surface area (Å²) in [5.41, 5.74) is 0.701. The SMILES string of the molecule is CC(O)CCC#CCC(=O)c1ccccc1. The maximum atomic E-state index is 11.6. The number of carbonyl (C=O) groups excluding carboxylic acids is 1. The van der Waals surface area contributed by atoms with Gasteiger partial charge in [-0.05, 0) is 13.3 Å². The molecule has 0 aliphatic carbocycles. The Bertz CT molecular complexity index is 382. The van der Waals surface area contributed by atoms with Crippen LogP contribution in [0.3, 0.4) is 0 Å². The zero-order chi connectivity index (χ0) is 11.8. The second-order valence-corrected chi connectivity index (χ2v) is 3.71. The predicted molar refractivity (Wildman–Crippen MR) is 64.1 cm³/mol. The van der Waals surface area contributed by atoms with Crippen LogP contribution in [0.25, 0.3) is 0 Å². The number of carbonyl (C=O) groups is 1. The Morgan fingerprint density at radius 2 is 2.00 bits per heavy atom. The molecule has 0 spiro atoms. The summed E-state index contributed by atoms with van der Waals surface area (Å²) >= 11 is 0. The molecule has 1 unspecified atom stereocenters. The number of Topliss-reactive ketones (excluding diaryl/α,β-unsaturated/α-hetero) is 1. The number of benzene rings is 1. The number of rotatable bonds is 4. The molecule has 0 amide bonds. The smallest absolute Gasteiger partial charge is 0.174 e. The van der Waals surface area contributed by atoms with Gasteiger partial charge in [-0.2, -0.15) is 0 Å². The maximum absolute atomic E-state index is 11.6. The lowest BCUT2D eigenvalue weighted by Crippen LogP contribution is -1.98. The lowest BCUT2D eigenvalue weighted by Gasteiger charge is -1.97. The van der Waals surface area contributed by atoms with E-state index in [0.717, 1.165) is 0 Å². The van der Waals surface area contributed by atoms with E-state index >= 15 is 0 Å². The molecule has 0 bridgehead atoms. The molecule has 1 atom stereocenters. The predicted octanol–water partition coefficient (Wildman–Crippen LogP) is 2.42. The van der Waals surface area contributed by atoms with Gasteiger partial charge in [-0.1, -0.05) is 36.3 Å². The van der Waals surface area contributed by atoms with Crippen molar-refractivity contribution in [2.24, 2.45) is 0 Å². The van der Waals surface area contributed by atoms with E-state index in [1.807, 2.05) is 18.2 Å². The summed E-state index contributed by atoms with van der Waals surface area (Å²) in [5, 5.41) is 9.00. The standard InChI is InChI=1S/C14H16O2/c1-12(15)8-4-2-7-11-14(16)13-9-5-3-6-10-13/h3,5-6,9-10,12,15H,4,8,11H2,1H3. The van der Waals surface area contributed by atoms with Crippen molar-refractivity contribution in [2.45, 2.75) is 32.3 Å². The van der Waals surface area contributed by atoms with E-state index in [1.54, 1.807) is 19.1 Å². The first-order valence-corrected chi connectivity index (χ1v) is 5.42. The summed E-state index contributed by atoms with van der Waals surface area (Å²) in [6, 6.07) is 9.15. The second kappa shape index (κ2) is 6.81. The third-order valence-electron chi connectivity index (χ3n) is 2.16. The Morgan fingerprint density at radius 3 is 2.62 bits per heavy atom. The summed E-state index contributed by atoms with van der Waals surface area (Å²) in [6.45, 7) is 1.73. The number of aliphatic hydroxyl groups excluding tert-OH is 1. The van der Waals surface area contributed by atoms with Crippen LogP contribution in [0.15, 0.2) is 30.3 Å². The number of hydrogen-bond donors (Lipinski definition) is 1. The van der Waals surface area contributed by atoms with Crippen molar-refractivity contribution in [1.29, 1.82) is 0 Å². The van der Waals surface area contributed by atoms with Gasteiger partial charge in [0.05, 0.1) is 12.5 Å². The number of ketones is 1. The topological polar surface area (TPSA) is 37.3 Å². The van der Waals surface area contributed by atoms with Crippen molar-refractivity contribution in [2.75, 3.05) is 0 Å². The fraction of sp³-hybridized carbons (Fsp3) is 0.357. The van der Waals surface area contributed by atoms with Gasteiger partial charge < -0.3 is 5.11 Å². The first-order valence-electron chi connectivity index (χ1n) is 5.42. The van der Waals surface area contributed by atoms with Crippen LogP contribution in [0.2, 0.25) is 0 Å². The molecule has 0 aliphatic rings. The van der Waals surface area contributed by atoms with Gasteiger partial charge in [0.1, 0.15) is 0 Å². The van der Waals surface area contributed by atoms with Gasteiger partial charge in [0, 0.05) is 12.0 Å². The Morgan fingerprint density at radius 1 is 1.31 bits per heavy atom. The highest BCUT2D eigenvalue weighted by Crippen LogP contribution is 2.02. The number of hydrogen-bond acceptors (Lipinski definition) is 2. The molecule has 0 aromatic heterocycles. The van der Waals surface area contributed by atoms with Crippen LogP contribution < -0.4 is 0 Å². The minimum Gasteiger partial charge on any atom is -0.393 e. The second-order valence-electron chi connectivity index (χ2n) is 3.71. The van der Waals surface area contributed by atoms with E-state index < -0.39 is 0 Å². The molecule has 1 aromatic carbocycles. The van der Waals surface area contributed by atoms with Crippen LogP contribution in [-0.4, -0.2) is 17.0 Å². The van der Waals surface area contributed by atoms with Crippen molar-refractivity contribution in [3.63, 3.8) is 0 Å². The lowest BCUT2D eigenvalue weighted by molar-refractivity contribution is 0.0998. The molecular weight excluding hydrogens is 200 g/mol. The maximum Gasteiger partial charge on any atom is 0.174 e. The molecule has 0 fully saturated rings. The molecule has 1 aromatic rings. The van der Waals surface area contributed by atoms with Crippen LogP contribution in [0, 0.1) is 11.8 Å². The van der Waals surface area contributed by atoms with E-state index in [0.29, 0.717) is 18.4 Å². The molecule has 0 radical (unpaired) electrons. The van der Waals surface area contributed by atoms with Crippen molar-refractivity contribution in [1.82, 2.24) is 0 Å². The fourth-order valence-electron chi connectivity index (χ4n) is 1.24. The molecule has 0 saturated heterocycles. The Balaban J connectivity index is 2.36. The van der Waals surface area contributed by atoms with Crippen molar-refractivity contribution < 1.29 is 9.90 Å². The Labute approximate surface area is 96.3 Å². The van der Waals surface area contributed by atoms with Gasteiger partial charge in [0.15, 0.2) is 5.78 Å². The van der Waals surface area contributed by atoms with E-state index in [1.165, 1.54) is 0 Å². The quantitative estimate of drug-likeness (QED) is 0.620. The number of aliphatic hydroxyl groups is 1. The molecule has 1 rings (SSSR count). The lowest BCUT2D eigenvalue weighted by atomic mass is 10.1. The van der Waals surface area contributed by atoms with E-state index in [4.69, 9.17) is 5.11 Å². The molecule has 0 aliphatic heterocycles. The van der Waals surface area contributed by atoms with Gasteiger partial charge in [0.2, 0.25) is 0 Å². The highest BCUT2D eigenvalue weighted by molar-refractivity contribution is 5.97. The van der Waals surface area contributed by atoms with Crippen LogP contribution in [0.4, 0.5) is 0 Å². The molecule has 0 saturated carbocycles. The average molecular weight is 216 g/mol. The monoisotopic (exact) mass is 216 g/mol. The third-order valence-corrected chi connectivity index (χ3v) is 2.16. The van der Waals surface area contributed by atoms with E-state index in [-0.39, 0.29) is 18.3 Å². The third kappa shape index (κ3) is 4.77. The van der Waals surface area contributed by atoms with Gasteiger partial charge in [-0.3, -0.25) is 4.79 Å². The van der Waals surface area contributed by atoms with Gasteiger partial charge in [-0.25, -0.2) is 0 Å². The molecule has 84 valence electrons. The molecular formula is C14H16O2. The molecule has 1 N–H and O–H groups in total. The highest BCUT2D eigenvalue weighted by atomic mass is 16.3. The zero-order valence-corrected chi connectivity index (χ0v) is 9.44. The van der Waals surface area contributed by atoms with Crippen LogP contribution >= 0.6 is 0 Å². The molecule has 2 nitrogen and oxygen atoms in total. The van der Waals surface area contributed by atoms with Gasteiger partial charge >= 0.3 is 0 Å². The van der Waals surface area contributed by atoms with E-state index in [9.17, 15) is 4.79 Å². The summed E-state index contributed by atoms with van der Waals surface area (Å²) in [6.07, 6.45) is 1.23. The normalized spacial score (nSPS) is 11.4. The Kier molecular flexibility index (Phi) is 5.31. The minimum atomic E-state index is -0.320. The summed E-state index contributed by atoms with van der Waals surface area (Å²) in [7, 11) is 0. The summed E-state index contributed by atoms with van der Waals surface area (Å²) in [5.74, 6) is 5.76. The van der Waals surface area contributed by atoms with Gasteiger partial charge in [-0.15, -0.1) is 5.92 Å². The minimum absolute atomic E-state index is 0.0464. The Hall–Kier alpha value is -1.59. The summed E-state index contributed by atoms with van der Waals surface area (Å²) < 4.78 is 0. The van der Waals surface area contributed by atoms with Crippen molar-refractivity contribution in [3.8, 4) is 11.8 Å². The average Bonchev–Trinajstić information content (AvgIpc) is 2.29. The first-order chi connectivity index (χ1) is 7.70. The molecule has 2 heteroatoms.